The van der Waals surface area contributed by atoms with Gasteiger partial charge < -0.3 is 10.0 Å². The van der Waals surface area contributed by atoms with E-state index in [-0.39, 0.29) is 12.3 Å². The lowest BCUT2D eigenvalue weighted by Crippen LogP contribution is -2.31. The summed E-state index contributed by atoms with van der Waals surface area (Å²) in [5.41, 5.74) is 2.37. The number of rotatable bonds is 7. The number of carbonyl (C=O) groups excluding carboxylic acids is 1. The van der Waals surface area contributed by atoms with Crippen LogP contribution < -0.4 is 0 Å². The number of carboxylic acids is 1. The summed E-state index contributed by atoms with van der Waals surface area (Å²) in [6.07, 6.45) is 3.88. The molecule has 2 aromatic rings. The van der Waals surface area contributed by atoms with Crippen LogP contribution in [0.25, 0.3) is 0 Å². The molecule has 0 spiro atoms. The number of aliphatic carboxylic acids is 1. The van der Waals surface area contributed by atoms with Crippen LogP contribution in [0.3, 0.4) is 0 Å². The van der Waals surface area contributed by atoms with Crippen LogP contribution in [-0.2, 0) is 24.2 Å². The van der Waals surface area contributed by atoms with Crippen LogP contribution in [0, 0.1) is 0 Å². The molecule has 1 aromatic carbocycles. The van der Waals surface area contributed by atoms with Crippen molar-refractivity contribution < 1.29 is 14.7 Å². The molecule has 1 heterocycles. The zero-order chi connectivity index (χ0) is 16.9. The molecule has 1 aromatic heterocycles. The smallest absolute Gasteiger partial charge is 0.303 e. The largest absolute Gasteiger partial charge is 0.481 e. The highest BCUT2D eigenvalue weighted by molar-refractivity contribution is 7.14. The van der Waals surface area contributed by atoms with Gasteiger partial charge in [0, 0.05) is 24.4 Å². The molecule has 1 amide bonds. The van der Waals surface area contributed by atoms with Crippen molar-refractivity contribution in [2.75, 3.05) is 6.54 Å². The van der Waals surface area contributed by atoms with Gasteiger partial charge in [0.1, 0.15) is 0 Å². The number of carboxylic acid groups (broad SMARTS) is 1. The van der Waals surface area contributed by atoms with Gasteiger partial charge in [0.25, 0.3) is 5.91 Å². The van der Waals surface area contributed by atoms with Crippen LogP contribution in [0.5, 0.6) is 0 Å². The number of hydrogen-bond donors (Lipinski definition) is 1. The highest BCUT2D eigenvalue weighted by Crippen LogP contribution is 2.31. The SMILES string of the molecule is O=C(O)CCCN(Cc1ccccc1)C(=O)c1cc2c(s1)CCC2. The Morgan fingerprint density at radius 2 is 1.96 bits per heavy atom. The van der Waals surface area contributed by atoms with E-state index >= 15 is 0 Å². The van der Waals surface area contributed by atoms with Gasteiger partial charge in [-0.1, -0.05) is 30.3 Å². The lowest BCUT2D eigenvalue weighted by molar-refractivity contribution is -0.137. The van der Waals surface area contributed by atoms with Gasteiger partial charge in [-0.2, -0.15) is 0 Å². The van der Waals surface area contributed by atoms with Gasteiger partial charge >= 0.3 is 5.97 Å². The van der Waals surface area contributed by atoms with Gasteiger partial charge in [0.15, 0.2) is 0 Å². The molecule has 5 heteroatoms. The van der Waals surface area contributed by atoms with Crippen LogP contribution in [-0.4, -0.2) is 28.4 Å². The zero-order valence-electron chi connectivity index (χ0n) is 13.5. The Kier molecular flexibility index (Phi) is 5.30. The lowest BCUT2D eigenvalue weighted by atomic mass is 10.2. The molecule has 126 valence electrons. The van der Waals surface area contributed by atoms with Crippen LogP contribution in [0.2, 0.25) is 0 Å². The van der Waals surface area contributed by atoms with Gasteiger partial charge in [0.05, 0.1) is 4.88 Å². The highest BCUT2D eigenvalue weighted by atomic mass is 32.1. The van der Waals surface area contributed by atoms with Crippen molar-refractivity contribution in [1.29, 1.82) is 0 Å². The second-order valence-corrected chi connectivity index (χ2v) is 7.26. The van der Waals surface area contributed by atoms with Gasteiger partial charge in [-0.25, -0.2) is 0 Å². The number of nitrogens with zero attached hydrogens (tertiary/aromatic N) is 1. The second kappa shape index (κ2) is 7.62. The number of benzene rings is 1. The molecule has 0 atom stereocenters. The minimum Gasteiger partial charge on any atom is -0.481 e. The maximum atomic E-state index is 12.9. The zero-order valence-corrected chi connectivity index (χ0v) is 14.3. The lowest BCUT2D eigenvalue weighted by Gasteiger charge is -2.22. The standard InChI is InChI=1S/C19H21NO3S/c21-18(22)10-5-11-20(13-14-6-2-1-3-7-14)19(23)17-12-15-8-4-9-16(15)24-17/h1-3,6-7,12H,4-5,8-11,13H2,(H,21,22). The van der Waals surface area contributed by atoms with Gasteiger partial charge in [-0.15, -0.1) is 11.3 Å². The number of aryl methyl sites for hydroxylation is 2. The molecule has 1 N–H and O–H groups in total. The molecule has 1 aliphatic rings. The fraction of sp³-hybridized carbons (Fsp3) is 0.368. The number of thiophene rings is 1. The number of hydrogen-bond acceptors (Lipinski definition) is 3. The average molecular weight is 343 g/mol. The number of fused-ring (bicyclic) bond motifs is 1. The summed E-state index contributed by atoms with van der Waals surface area (Å²) in [5, 5.41) is 8.85. The summed E-state index contributed by atoms with van der Waals surface area (Å²) < 4.78 is 0. The van der Waals surface area contributed by atoms with Gasteiger partial charge in [-0.3, -0.25) is 9.59 Å². The van der Waals surface area contributed by atoms with Crippen molar-refractivity contribution in [2.24, 2.45) is 0 Å². The summed E-state index contributed by atoms with van der Waals surface area (Å²) in [6.45, 7) is 0.977. The molecule has 24 heavy (non-hydrogen) atoms. The van der Waals surface area contributed by atoms with Crippen LogP contribution in [0.1, 0.15) is 44.9 Å². The molecular formula is C19H21NO3S. The highest BCUT2D eigenvalue weighted by Gasteiger charge is 2.22. The predicted molar refractivity (Wildman–Crippen MR) is 94.4 cm³/mol. The Morgan fingerprint density at radius 1 is 1.17 bits per heavy atom. The van der Waals surface area contributed by atoms with Crippen molar-refractivity contribution in [3.8, 4) is 0 Å². The minimum absolute atomic E-state index is 0.0173. The Labute approximate surface area is 145 Å². The topological polar surface area (TPSA) is 57.6 Å². The molecule has 4 nitrogen and oxygen atoms in total. The molecule has 0 radical (unpaired) electrons. The molecule has 0 saturated heterocycles. The molecule has 0 unspecified atom stereocenters. The quantitative estimate of drug-likeness (QED) is 0.833. The third kappa shape index (κ3) is 4.03. The van der Waals surface area contributed by atoms with Gasteiger partial charge in [0.2, 0.25) is 0 Å². The van der Waals surface area contributed by atoms with Crippen molar-refractivity contribution in [3.63, 3.8) is 0 Å². The molecule has 0 aliphatic heterocycles. The molecule has 1 aliphatic carbocycles. The van der Waals surface area contributed by atoms with Crippen molar-refractivity contribution in [1.82, 2.24) is 4.90 Å². The van der Waals surface area contributed by atoms with E-state index < -0.39 is 5.97 Å². The van der Waals surface area contributed by atoms with Crippen molar-refractivity contribution in [2.45, 2.75) is 38.6 Å². The van der Waals surface area contributed by atoms with E-state index in [4.69, 9.17) is 5.11 Å². The fourth-order valence-electron chi connectivity index (χ4n) is 3.07. The van der Waals surface area contributed by atoms with Gasteiger partial charge in [-0.05, 0) is 42.9 Å². The first-order valence-corrected chi connectivity index (χ1v) is 9.11. The van der Waals surface area contributed by atoms with E-state index in [1.165, 1.54) is 16.9 Å². The molecule has 0 bridgehead atoms. The molecular weight excluding hydrogens is 322 g/mol. The van der Waals surface area contributed by atoms with Crippen LogP contribution >= 0.6 is 11.3 Å². The van der Waals surface area contributed by atoms with E-state index in [0.29, 0.717) is 19.5 Å². The maximum Gasteiger partial charge on any atom is 0.303 e. The normalized spacial score (nSPS) is 12.8. The number of amides is 1. The van der Waals surface area contributed by atoms with E-state index in [2.05, 4.69) is 0 Å². The Hall–Kier alpha value is -2.14. The average Bonchev–Trinajstić information content (AvgIpc) is 3.15. The van der Waals surface area contributed by atoms with E-state index in [9.17, 15) is 9.59 Å². The monoisotopic (exact) mass is 343 g/mol. The Balaban J connectivity index is 1.74. The minimum atomic E-state index is -0.822. The first kappa shape index (κ1) is 16.7. The third-order valence-corrected chi connectivity index (χ3v) is 5.50. The summed E-state index contributed by atoms with van der Waals surface area (Å²) in [7, 11) is 0. The first-order valence-electron chi connectivity index (χ1n) is 8.30. The molecule has 3 rings (SSSR count). The van der Waals surface area contributed by atoms with Crippen LogP contribution in [0.15, 0.2) is 36.4 Å². The first-order chi connectivity index (χ1) is 11.6. The third-order valence-electron chi connectivity index (χ3n) is 4.28. The Morgan fingerprint density at radius 3 is 2.67 bits per heavy atom. The van der Waals surface area contributed by atoms with Crippen molar-refractivity contribution in [3.05, 3.63) is 57.3 Å². The van der Waals surface area contributed by atoms with E-state index in [0.717, 1.165) is 23.3 Å². The van der Waals surface area contributed by atoms with E-state index in [1.807, 2.05) is 36.4 Å². The summed E-state index contributed by atoms with van der Waals surface area (Å²) in [5.74, 6) is -0.805. The fourth-order valence-corrected chi connectivity index (χ4v) is 4.29. The molecule has 0 fully saturated rings. The molecule has 0 saturated carbocycles. The Bertz CT molecular complexity index is 702. The van der Waals surface area contributed by atoms with E-state index in [1.54, 1.807) is 16.2 Å². The van der Waals surface area contributed by atoms with Crippen molar-refractivity contribution >= 4 is 23.2 Å². The predicted octanol–water partition coefficient (Wildman–Crippen LogP) is 3.74. The van der Waals surface area contributed by atoms with Crippen LogP contribution in [0.4, 0.5) is 0 Å². The summed E-state index contributed by atoms with van der Waals surface area (Å²) in [4.78, 5) is 27.6. The summed E-state index contributed by atoms with van der Waals surface area (Å²) >= 11 is 1.60. The maximum absolute atomic E-state index is 12.9. The summed E-state index contributed by atoms with van der Waals surface area (Å²) in [6, 6.07) is 11.9. The second-order valence-electron chi connectivity index (χ2n) is 6.12. The number of carbonyl (C=O) groups is 2.